The number of rotatable bonds is 4. The van der Waals surface area contributed by atoms with Crippen LogP contribution >= 0.6 is 0 Å². The first-order valence-electron chi connectivity index (χ1n) is 11.9. The molecule has 1 aromatic carbocycles. The fourth-order valence-corrected chi connectivity index (χ4v) is 5.19. The molecule has 0 amide bonds. The molecule has 2 unspecified atom stereocenters. The van der Waals surface area contributed by atoms with Gasteiger partial charge in [0.05, 0.1) is 5.60 Å². The minimum Gasteiger partial charge on any atom is -0.389 e. The number of aliphatic hydroxyl groups is 1. The lowest BCUT2D eigenvalue weighted by Gasteiger charge is -2.42. The van der Waals surface area contributed by atoms with Crippen molar-refractivity contribution in [3.05, 3.63) is 35.6 Å². The Kier molecular flexibility index (Phi) is 8.95. The maximum Gasteiger partial charge on any atom is 0.123 e. The summed E-state index contributed by atoms with van der Waals surface area (Å²) >= 11 is 0. The fraction of sp³-hybridized carbons (Fsp3) is 0.760. The van der Waals surface area contributed by atoms with E-state index in [2.05, 4.69) is 16.8 Å². The highest BCUT2D eigenvalue weighted by Gasteiger charge is 2.37. The van der Waals surface area contributed by atoms with Crippen molar-refractivity contribution in [1.82, 2.24) is 9.80 Å². The summed E-state index contributed by atoms with van der Waals surface area (Å²) < 4.78 is 13.8. The topological polar surface area (TPSA) is 26.7 Å². The standard InChI is InChI=1S/C25H41FN2O/c1-27-15-17-28(18-16-27)21-23-12-8-6-4-2-3-5-7-9-14-25(23,29)20-22-11-10-13-24(26)19-22/h10-11,13,19,23,29H,2-9,12,14-18,20-21H2,1H3. The number of halogens is 1. The van der Waals surface area contributed by atoms with Crippen LogP contribution in [0.1, 0.15) is 69.8 Å². The Balaban J connectivity index is 1.76. The van der Waals surface area contributed by atoms with E-state index in [0.29, 0.717) is 6.42 Å². The average molecular weight is 405 g/mol. The Labute approximate surface area is 177 Å². The Morgan fingerprint density at radius 1 is 0.966 bits per heavy atom. The largest absolute Gasteiger partial charge is 0.389 e. The van der Waals surface area contributed by atoms with Crippen LogP contribution in [0.3, 0.4) is 0 Å². The number of hydrogen-bond acceptors (Lipinski definition) is 3. The first-order valence-corrected chi connectivity index (χ1v) is 11.9. The van der Waals surface area contributed by atoms with Crippen LogP contribution in [0.4, 0.5) is 4.39 Å². The molecule has 1 heterocycles. The van der Waals surface area contributed by atoms with E-state index in [-0.39, 0.29) is 11.7 Å². The Morgan fingerprint density at radius 2 is 1.62 bits per heavy atom. The van der Waals surface area contributed by atoms with Crippen molar-refractivity contribution in [3.8, 4) is 0 Å². The van der Waals surface area contributed by atoms with Gasteiger partial charge < -0.3 is 14.9 Å². The van der Waals surface area contributed by atoms with Crippen LogP contribution in [0.25, 0.3) is 0 Å². The smallest absolute Gasteiger partial charge is 0.123 e. The summed E-state index contributed by atoms with van der Waals surface area (Å²) in [5.74, 6) is 0.0588. The van der Waals surface area contributed by atoms with Gasteiger partial charge in [0.1, 0.15) is 5.82 Å². The molecule has 4 heteroatoms. The van der Waals surface area contributed by atoms with Crippen LogP contribution in [0, 0.1) is 11.7 Å². The molecule has 0 spiro atoms. The van der Waals surface area contributed by atoms with Crippen LogP contribution < -0.4 is 0 Å². The molecule has 1 N–H and O–H groups in total. The molecule has 1 aromatic rings. The maximum absolute atomic E-state index is 13.8. The molecular weight excluding hydrogens is 363 g/mol. The van der Waals surface area contributed by atoms with Crippen molar-refractivity contribution in [2.75, 3.05) is 39.8 Å². The molecule has 0 radical (unpaired) electrons. The van der Waals surface area contributed by atoms with Crippen molar-refractivity contribution < 1.29 is 9.50 Å². The summed E-state index contributed by atoms with van der Waals surface area (Å²) in [5.41, 5.74) is 0.194. The van der Waals surface area contributed by atoms with Gasteiger partial charge in [-0.05, 0) is 37.6 Å². The molecule has 0 bridgehead atoms. The minimum atomic E-state index is -0.740. The molecule has 0 aromatic heterocycles. The molecule has 2 fully saturated rings. The van der Waals surface area contributed by atoms with E-state index in [9.17, 15) is 9.50 Å². The van der Waals surface area contributed by atoms with Gasteiger partial charge in [-0.25, -0.2) is 4.39 Å². The predicted octanol–water partition coefficient (Wildman–Crippen LogP) is 4.88. The van der Waals surface area contributed by atoms with E-state index >= 15 is 0 Å². The fourth-order valence-electron chi connectivity index (χ4n) is 5.19. The number of benzene rings is 1. The summed E-state index contributed by atoms with van der Waals surface area (Å²) in [6.07, 6.45) is 12.5. The van der Waals surface area contributed by atoms with Gasteiger partial charge in [-0.2, -0.15) is 0 Å². The zero-order valence-corrected chi connectivity index (χ0v) is 18.4. The molecular formula is C25H41FN2O. The van der Waals surface area contributed by atoms with E-state index in [1.165, 1.54) is 51.0 Å². The Bertz CT molecular complexity index is 602. The number of hydrogen-bond donors (Lipinski definition) is 1. The lowest BCUT2D eigenvalue weighted by Crippen LogP contribution is -2.51. The number of piperazine rings is 1. The van der Waals surface area contributed by atoms with Crippen molar-refractivity contribution >= 4 is 0 Å². The highest BCUT2D eigenvalue weighted by Crippen LogP contribution is 2.34. The van der Waals surface area contributed by atoms with Gasteiger partial charge in [0.25, 0.3) is 0 Å². The minimum absolute atomic E-state index is 0.199. The second-order valence-corrected chi connectivity index (χ2v) is 9.58. The molecule has 2 aliphatic rings. The van der Waals surface area contributed by atoms with Crippen LogP contribution in [0.2, 0.25) is 0 Å². The SMILES string of the molecule is CN1CCN(CC2CCCCCCCCCCC2(O)Cc2cccc(F)c2)CC1. The van der Waals surface area contributed by atoms with E-state index in [4.69, 9.17) is 0 Å². The molecule has 29 heavy (non-hydrogen) atoms. The van der Waals surface area contributed by atoms with Crippen molar-refractivity contribution in [3.63, 3.8) is 0 Å². The van der Waals surface area contributed by atoms with Gasteiger partial charge >= 0.3 is 0 Å². The van der Waals surface area contributed by atoms with E-state index in [1.807, 2.05) is 6.07 Å². The third-order valence-electron chi connectivity index (χ3n) is 7.15. The van der Waals surface area contributed by atoms with Crippen molar-refractivity contribution in [2.24, 2.45) is 5.92 Å². The van der Waals surface area contributed by atoms with E-state index in [0.717, 1.165) is 57.5 Å². The second-order valence-electron chi connectivity index (χ2n) is 9.58. The molecule has 3 nitrogen and oxygen atoms in total. The van der Waals surface area contributed by atoms with E-state index in [1.54, 1.807) is 12.1 Å². The third-order valence-corrected chi connectivity index (χ3v) is 7.15. The van der Waals surface area contributed by atoms with Gasteiger partial charge in [-0.3, -0.25) is 0 Å². The maximum atomic E-state index is 13.8. The zero-order chi connectivity index (χ0) is 20.5. The zero-order valence-electron chi connectivity index (χ0n) is 18.4. The van der Waals surface area contributed by atoms with Crippen LogP contribution in [0.15, 0.2) is 24.3 Å². The highest BCUT2D eigenvalue weighted by molar-refractivity contribution is 5.19. The summed E-state index contributed by atoms with van der Waals surface area (Å²) in [5, 5.41) is 12.0. The van der Waals surface area contributed by atoms with Crippen LogP contribution in [-0.2, 0) is 6.42 Å². The molecule has 1 saturated heterocycles. The van der Waals surface area contributed by atoms with Crippen molar-refractivity contribution in [2.45, 2.75) is 76.2 Å². The summed E-state index contributed by atoms with van der Waals surface area (Å²) in [6.45, 7) is 5.36. The molecule has 1 saturated carbocycles. The summed E-state index contributed by atoms with van der Waals surface area (Å²) in [4.78, 5) is 4.93. The summed E-state index contributed by atoms with van der Waals surface area (Å²) in [7, 11) is 2.19. The first kappa shape index (κ1) is 22.7. The van der Waals surface area contributed by atoms with Gasteiger partial charge in [0.15, 0.2) is 0 Å². The quantitative estimate of drug-likeness (QED) is 0.775. The van der Waals surface area contributed by atoms with Crippen molar-refractivity contribution in [1.29, 1.82) is 0 Å². The molecule has 3 rings (SSSR count). The summed E-state index contributed by atoms with van der Waals surface area (Å²) in [6, 6.07) is 6.86. The Morgan fingerprint density at radius 3 is 2.31 bits per heavy atom. The highest BCUT2D eigenvalue weighted by atomic mass is 19.1. The molecule has 1 aliphatic heterocycles. The van der Waals surface area contributed by atoms with Gasteiger partial charge in [-0.15, -0.1) is 0 Å². The third kappa shape index (κ3) is 7.34. The average Bonchev–Trinajstić information content (AvgIpc) is 2.69. The first-order chi connectivity index (χ1) is 14.0. The Hall–Kier alpha value is -0.970. The van der Waals surface area contributed by atoms with Gasteiger partial charge in [-0.1, -0.05) is 63.5 Å². The van der Waals surface area contributed by atoms with Gasteiger partial charge in [0.2, 0.25) is 0 Å². The lowest BCUT2D eigenvalue weighted by molar-refractivity contribution is -0.0480. The lowest BCUT2D eigenvalue weighted by atomic mass is 9.75. The molecule has 2 atom stereocenters. The normalized spacial score (nSPS) is 29.1. The number of nitrogens with zero attached hydrogens (tertiary/aromatic N) is 2. The number of likely N-dealkylation sites (N-methyl/N-ethyl adjacent to an activating group) is 1. The monoisotopic (exact) mass is 404 g/mol. The predicted molar refractivity (Wildman–Crippen MR) is 119 cm³/mol. The molecule has 164 valence electrons. The molecule has 1 aliphatic carbocycles. The van der Waals surface area contributed by atoms with Crippen LogP contribution in [-0.4, -0.2) is 60.3 Å². The van der Waals surface area contributed by atoms with E-state index < -0.39 is 5.60 Å². The van der Waals surface area contributed by atoms with Gasteiger partial charge in [0, 0.05) is 45.1 Å². The van der Waals surface area contributed by atoms with Crippen LogP contribution in [0.5, 0.6) is 0 Å². The second kappa shape index (κ2) is 11.4.